The number of ether oxygens (including phenoxy) is 2. The molecule has 2 aromatic carbocycles. The van der Waals surface area contributed by atoms with Gasteiger partial charge in [-0.25, -0.2) is 9.78 Å². The van der Waals surface area contributed by atoms with Crippen molar-refractivity contribution in [1.29, 1.82) is 0 Å². The van der Waals surface area contributed by atoms with Crippen LogP contribution in [0.4, 0.5) is 0 Å². The Hall–Kier alpha value is -3.93. The van der Waals surface area contributed by atoms with Crippen molar-refractivity contribution in [2.24, 2.45) is 0 Å². The Bertz CT molecular complexity index is 1230. The average molecular weight is 400 g/mol. The van der Waals surface area contributed by atoms with Crippen LogP contribution in [-0.4, -0.2) is 21.1 Å². The summed E-state index contributed by atoms with van der Waals surface area (Å²) in [5.41, 5.74) is 3.72. The SMILES string of the molecule is CC(=O)c1ccc(OC(=O)c2cccc(OCc3cn4cc(C)ccc4n3)c2)cc1. The maximum Gasteiger partial charge on any atom is 0.343 e. The molecule has 0 bridgehead atoms. The van der Waals surface area contributed by atoms with Gasteiger partial charge < -0.3 is 13.9 Å². The van der Waals surface area contributed by atoms with E-state index in [0.29, 0.717) is 22.6 Å². The van der Waals surface area contributed by atoms with E-state index >= 15 is 0 Å². The third kappa shape index (κ3) is 4.38. The Morgan fingerprint density at radius 1 is 0.933 bits per heavy atom. The van der Waals surface area contributed by atoms with E-state index in [4.69, 9.17) is 9.47 Å². The largest absolute Gasteiger partial charge is 0.487 e. The highest BCUT2D eigenvalue weighted by Crippen LogP contribution is 2.19. The summed E-state index contributed by atoms with van der Waals surface area (Å²) in [4.78, 5) is 28.3. The number of carbonyl (C=O) groups excluding carboxylic acids is 2. The van der Waals surface area contributed by atoms with Crippen molar-refractivity contribution in [3.8, 4) is 11.5 Å². The number of pyridine rings is 1. The molecule has 0 spiro atoms. The molecule has 150 valence electrons. The molecule has 4 rings (SSSR count). The van der Waals surface area contributed by atoms with Gasteiger partial charge in [0.1, 0.15) is 23.8 Å². The van der Waals surface area contributed by atoms with E-state index in [1.54, 1.807) is 48.5 Å². The molecule has 0 radical (unpaired) electrons. The minimum Gasteiger partial charge on any atom is -0.487 e. The van der Waals surface area contributed by atoms with Crippen LogP contribution < -0.4 is 9.47 Å². The highest BCUT2D eigenvalue weighted by molar-refractivity contribution is 5.94. The molecule has 0 saturated heterocycles. The summed E-state index contributed by atoms with van der Waals surface area (Å²) in [6.45, 7) is 3.80. The molecule has 0 fully saturated rings. The van der Waals surface area contributed by atoms with Gasteiger partial charge in [-0.1, -0.05) is 12.1 Å². The number of nitrogens with zero attached hydrogens (tertiary/aromatic N) is 2. The van der Waals surface area contributed by atoms with E-state index < -0.39 is 5.97 Å². The Labute approximate surface area is 173 Å². The topological polar surface area (TPSA) is 69.9 Å². The number of aryl methyl sites for hydroxylation is 1. The highest BCUT2D eigenvalue weighted by Gasteiger charge is 2.11. The van der Waals surface area contributed by atoms with Crippen LogP contribution in [0.5, 0.6) is 11.5 Å². The van der Waals surface area contributed by atoms with Crippen LogP contribution in [0.2, 0.25) is 0 Å². The Morgan fingerprint density at radius 2 is 1.73 bits per heavy atom. The summed E-state index contributed by atoms with van der Waals surface area (Å²) in [5.74, 6) is 0.374. The maximum absolute atomic E-state index is 12.4. The van der Waals surface area contributed by atoms with Crippen molar-refractivity contribution in [3.63, 3.8) is 0 Å². The number of imidazole rings is 1. The molecule has 0 aliphatic heterocycles. The number of ketones is 1. The quantitative estimate of drug-likeness (QED) is 0.268. The molecule has 0 aliphatic carbocycles. The molecule has 0 atom stereocenters. The van der Waals surface area contributed by atoms with Crippen LogP contribution in [0.3, 0.4) is 0 Å². The van der Waals surface area contributed by atoms with Crippen LogP contribution in [0.15, 0.2) is 73.1 Å². The van der Waals surface area contributed by atoms with Crippen LogP contribution >= 0.6 is 0 Å². The minimum atomic E-state index is -0.501. The minimum absolute atomic E-state index is 0.0431. The zero-order valence-electron chi connectivity index (χ0n) is 16.7. The summed E-state index contributed by atoms with van der Waals surface area (Å²) in [7, 11) is 0. The second kappa shape index (κ2) is 8.21. The Kier molecular flexibility index (Phi) is 5.30. The zero-order chi connectivity index (χ0) is 21.1. The van der Waals surface area contributed by atoms with E-state index in [1.807, 2.05) is 35.9 Å². The van der Waals surface area contributed by atoms with Crippen molar-refractivity contribution in [2.75, 3.05) is 0 Å². The van der Waals surface area contributed by atoms with E-state index in [0.717, 1.165) is 16.9 Å². The summed E-state index contributed by atoms with van der Waals surface area (Å²) >= 11 is 0. The van der Waals surface area contributed by atoms with Crippen molar-refractivity contribution < 1.29 is 19.1 Å². The van der Waals surface area contributed by atoms with E-state index in [1.165, 1.54) is 6.92 Å². The fourth-order valence-corrected chi connectivity index (χ4v) is 3.02. The number of hydrogen-bond acceptors (Lipinski definition) is 5. The third-order valence-electron chi connectivity index (χ3n) is 4.58. The molecule has 0 N–H and O–H groups in total. The van der Waals surface area contributed by atoms with Crippen LogP contribution in [0, 0.1) is 6.92 Å². The number of rotatable bonds is 6. The molecule has 0 unspecified atom stereocenters. The molecule has 0 amide bonds. The first-order valence-electron chi connectivity index (χ1n) is 9.48. The van der Waals surface area contributed by atoms with Gasteiger partial charge in [0, 0.05) is 18.0 Å². The van der Waals surface area contributed by atoms with Crippen LogP contribution in [-0.2, 0) is 6.61 Å². The van der Waals surface area contributed by atoms with E-state index in [9.17, 15) is 9.59 Å². The molecule has 0 saturated carbocycles. The first-order chi connectivity index (χ1) is 14.5. The molecule has 6 heteroatoms. The monoisotopic (exact) mass is 400 g/mol. The van der Waals surface area contributed by atoms with Gasteiger partial charge in [-0.05, 0) is 67.9 Å². The van der Waals surface area contributed by atoms with Crippen LogP contribution in [0.25, 0.3) is 5.65 Å². The van der Waals surface area contributed by atoms with Gasteiger partial charge in [0.25, 0.3) is 0 Å². The number of hydrogen-bond donors (Lipinski definition) is 0. The van der Waals surface area contributed by atoms with Crippen LogP contribution in [0.1, 0.15) is 38.9 Å². The number of benzene rings is 2. The van der Waals surface area contributed by atoms with Crippen molar-refractivity contribution in [1.82, 2.24) is 9.38 Å². The first-order valence-corrected chi connectivity index (χ1v) is 9.48. The van der Waals surface area contributed by atoms with E-state index in [-0.39, 0.29) is 12.4 Å². The summed E-state index contributed by atoms with van der Waals surface area (Å²) in [5, 5.41) is 0. The normalized spacial score (nSPS) is 10.7. The van der Waals surface area contributed by atoms with Gasteiger partial charge in [0.05, 0.1) is 11.3 Å². The second-order valence-electron chi connectivity index (χ2n) is 6.99. The molecule has 6 nitrogen and oxygen atoms in total. The smallest absolute Gasteiger partial charge is 0.343 e. The first kappa shape index (κ1) is 19.4. The lowest BCUT2D eigenvalue weighted by molar-refractivity contribution is 0.0734. The number of carbonyl (C=O) groups is 2. The fraction of sp³-hybridized carbons (Fsp3) is 0.125. The molecule has 0 aliphatic rings. The lowest BCUT2D eigenvalue weighted by Gasteiger charge is -2.08. The number of fused-ring (bicyclic) bond motifs is 1. The van der Waals surface area contributed by atoms with Gasteiger partial charge in [-0.3, -0.25) is 4.79 Å². The van der Waals surface area contributed by atoms with E-state index in [2.05, 4.69) is 4.98 Å². The summed E-state index contributed by atoms with van der Waals surface area (Å²) in [6.07, 6.45) is 3.93. The third-order valence-corrected chi connectivity index (χ3v) is 4.58. The average Bonchev–Trinajstić information content (AvgIpc) is 3.15. The fourth-order valence-electron chi connectivity index (χ4n) is 3.02. The predicted octanol–water partition coefficient (Wildman–Crippen LogP) is 4.64. The zero-order valence-corrected chi connectivity index (χ0v) is 16.7. The van der Waals surface area contributed by atoms with Crippen molar-refractivity contribution in [2.45, 2.75) is 20.5 Å². The van der Waals surface area contributed by atoms with Gasteiger partial charge in [-0.15, -0.1) is 0 Å². The number of aromatic nitrogens is 2. The highest BCUT2D eigenvalue weighted by atomic mass is 16.5. The predicted molar refractivity (Wildman–Crippen MR) is 112 cm³/mol. The number of esters is 1. The molecule has 2 heterocycles. The molecular formula is C24H20N2O4. The van der Waals surface area contributed by atoms with Gasteiger partial charge in [-0.2, -0.15) is 0 Å². The van der Waals surface area contributed by atoms with Gasteiger partial charge in [0.15, 0.2) is 5.78 Å². The molecule has 4 aromatic rings. The Balaban J connectivity index is 1.42. The second-order valence-corrected chi connectivity index (χ2v) is 6.99. The lowest BCUT2D eigenvalue weighted by Crippen LogP contribution is -2.09. The standard InChI is InChI=1S/C24H20N2O4/c1-16-6-11-23-25-20(14-26(23)13-16)15-29-22-5-3-4-19(12-22)24(28)30-21-9-7-18(8-10-21)17(2)27/h3-14H,15H2,1-2H3. The maximum atomic E-state index is 12.4. The van der Waals surface area contributed by atoms with Gasteiger partial charge in [0.2, 0.25) is 0 Å². The lowest BCUT2D eigenvalue weighted by atomic mass is 10.1. The molecule has 2 aromatic heterocycles. The van der Waals surface area contributed by atoms with Crippen molar-refractivity contribution >= 4 is 17.4 Å². The summed E-state index contributed by atoms with van der Waals surface area (Å²) < 4.78 is 13.2. The Morgan fingerprint density at radius 3 is 2.50 bits per heavy atom. The molecular weight excluding hydrogens is 380 g/mol. The summed E-state index contributed by atoms with van der Waals surface area (Å²) in [6, 6.07) is 17.2. The van der Waals surface area contributed by atoms with Gasteiger partial charge >= 0.3 is 5.97 Å². The number of Topliss-reactive ketones (excluding diaryl/α,β-unsaturated/α-hetero) is 1. The van der Waals surface area contributed by atoms with Crippen molar-refractivity contribution in [3.05, 3.63) is 95.4 Å². The molecule has 30 heavy (non-hydrogen) atoms.